The lowest BCUT2D eigenvalue weighted by Gasteiger charge is -2.25. The predicted octanol–water partition coefficient (Wildman–Crippen LogP) is 3.77. The largest absolute Gasteiger partial charge is 0.490 e. The molecule has 1 N–H and O–H groups in total. The molecule has 150 valence electrons. The van der Waals surface area contributed by atoms with E-state index in [-0.39, 0.29) is 5.91 Å². The van der Waals surface area contributed by atoms with Crippen molar-refractivity contribution in [3.8, 4) is 11.5 Å². The molecule has 0 bridgehead atoms. The molecular weight excluding hydrogens is 358 g/mol. The highest BCUT2D eigenvalue weighted by atomic mass is 16.5. The van der Waals surface area contributed by atoms with E-state index in [9.17, 15) is 4.79 Å². The van der Waals surface area contributed by atoms with E-state index >= 15 is 0 Å². The molecule has 1 amide bonds. The monoisotopic (exact) mass is 385 g/mol. The zero-order chi connectivity index (χ0) is 20.0. The van der Waals surface area contributed by atoms with Gasteiger partial charge in [0.05, 0.1) is 13.2 Å². The number of hydrogen-bond acceptors (Lipinski definition) is 6. The average Bonchev–Trinajstić information content (AvgIpc) is 3.32. The van der Waals surface area contributed by atoms with Crippen molar-refractivity contribution in [3.63, 3.8) is 0 Å². The van der Waals surface area contributed by atoms with Gasteiger partial charge in [-0.05, 0) is 50.5 Å². The van der Waals surface area contributed by atoms with E-state index in [4.69, 9.17) is 14.0 Å². The van der Waals surface area contributed by atoms with Gasteiger partial charge in [-0.1, -0.05) is 24.1 Å². The van der Waals surface area contributed by atoms with Gasteiger partial charge in [0.25, 0.3) is 0 Å². The van der Waals surface area contributed by atoms with Crippen molar-refractivity contribution >= 4 is 12.0 Å². The van der Waals surface area contributed by atoms with Crippen molar-refractivity contribution in [1.82, 2.24) is 15.5 Å². The minimum Gasteiger partial charge on any atom is -0.490 e. The fourth-order valence-corrected chi connectivity index (χ4v) is 3.50. The fraction of sp³-hybridized carbons (Fsp3) is 0.476. The van der Waals surface area contributed by atoms with Crippen LogP contribution in [0.1, 0.15) is 56.8 Å². The first-order valence-corrected chi connectivity index (χ1v) is 9.77. The molecule has 1 aromatic carbocycles. The molecule has 1 aromatic heterocycles. The van der Waals surface area contributed by atoms with Crippen LogP contribution < -0.4 is 14.8 Å². The van der Waals surface area contributed by atoms with Crippen LogP contribution in [0.2, 0.25) is 0 Å². The number of aromatic nitrogens is 2. The number of rotatable bonds is 8. The second-order valence-corrected chi connectivity index (χ2v) is 6.82. The summed E-state index contributed by atoms with van der Waals surface area (Å²) < 4.78 is 16.3. The molecule has 1 aliphatic rings. The Morgan fingerprint density at radius 1 is 1.21 bits per heavy atom. The molecule has 1 fully saturated rings. The number of carbonyl (C=O) groups is 1. The van der Waals surface area contributed by atoms with Crippen molar-refractivity contribution in [2.24, 2.45) is 0 Å². The summed E-state index contributed by atoms with van der Waals surface area (Å²) in [6, 6.07) is 5.62. The van der Waals surface area contributed by atoms with Gasteiger partial charge >= 0.3 is 0 Å². The van der Waals surface area contributed by atoms with Crippen molar-refractivity contribution in [2.45, 2.75) is 52.0 Å². The molecule has 0 radical (unpaired) electrons. The third-order valence-corrected chi connectivity index (χ3v) is 4.77. The number of nitrogens with one attached hydrogen (secondary N) is 1. The number of carbonyl (C=O) groups excluding carboxylic acids is 1. The van der Waals surface area contributed by atoms with Crippen molar-refractivity contribution < 1.29 is 18.8 Å². The molecule has 28 heavy (non-hydrogen) atoms. The molecule has 0 unspecified atom stereocenters. The number of nitrogens with zero attached hydrogens (tertiary/aromatic N) is 2. The van der Waals surface area contributed by atoms with Crippen molar-refractivity contribution in [2.75, 3.05) is 13.2 Å². The summed E-state index contributed by atoms with van der Waals surface area (Å²) in [5.74, 6) is 2.24. The maximum atomic E-state index is 12.6. The molecular formula is C21H27N3O4. The van der Waals surface area contributed by atoms with Gasteiger partial charge in [-0.25, -0.2) is 0 Å². The second kappa shape index (κ2) is 8.91. The van der Waals surface area contributed by atoms with Gasteiger partial charge in [-0.15, -0.1) is 0 Å². The molecule has 0 atom stereocenters. The van der Waals surface area contributed by atoms with E-state index in [1.807, 2.05) is 32.0 Å². The van der Waals surface area contributed by atoms with Gasteiger partial charge in [0, 0.05) is 13.0 Å². The highest BCUT2D eigenvalue weighted by molar-refractivity contribution is 5.92. The van der Waals surface area contributed by atoms with E-state index in [1.165, 1.54) is 6.08 Å². The van der Waals surface area contributed by atoms with Crippen LogP contribution in [0.4, 0.5) is 0 Å². The first-order valence-electron chi connectivity index (χ1n) is 9.77. The molecule has 0 aliphatic heterocycles. The molecule has 7 heteroatoms. The third-order valence-electron chi connectivity index (χ3n) is 4.77. The van der Waals surface area contributed by atoms with E-state index in [1.54, 1.807) is 13.0 Å². The minimum atomic E-state index is -0.547. The molecule has 0 spiro atoms. The van der Waals surface area contributed by atoms with Crippen LogP contribution in [-0.2, 0) is 10.3 Å². The second-order valence-electron chi connectivity index (χ2n) is 6.82. The highest BCUT2D eigenvalue weighted by Gasteiger charge is 2.40. The van der Waals surface area contributed by atoms with E-state index in [0.717, 1.165) is 31.2 Å². The zero-order valence-electron chi connectivity index (χ0n) is 16.7. The van der Waals surface area contributed by atoms with Crippen LogP contribution in [0.3, 0.4) is 0 Å². The third kappa shape index (κ3) is 4.52. The Morgan fingerprint density at radius 2 is 1.93 bits per heavy atom. The smallest absolute Gasteiger partial charge is 0.244 e. The summed E-state index contributed by atoms with van der Waals surface area (Å²) in [6.07, 6.45) is 6.95. The lowest BCUT2D eigenvalue weighted by atomic mass is 9.96. The minimum absolute atomic E-state index is 0.184. The summed E-state index contributed by atoms with van der Waals surface area (Å²) in [5, 5.41) is 7.14. The van der Waals surface area contributed by atoms with Gasteiger partial charge in [0.15, 0.2) is 17.3 Å². The number of aryl methyl sites for hydroxylation is 1. The van der Waals surface area contributed by atoms with Gasteiger partial charge < -0.3 is 19.3 Å². The van der Waals surface area contributed by atoms with Gasteiger partial charge in [-0.2, -0.15) is 4.98 Å². The Kier molecular flexibility index (Phi) is 6.34. The zero-order valence-corrected chi connectivity index (χ0v) is 16.7. The topological polar surface area (TPSA) is 86.5 Å². The Morgan fingerprint density at radius 3 is 2.57 bits per heavy atom. The number of hydrogen-bond donors (Lipinski definition) is 1. The lowest BCUT2D eigenvalue weighted by Crippen LogP contribution is -2.44. The molecule has 1 aliphatic carbocycles. The summed E-state index contributed by atoms with van der Waals surface area (Å²) >= 11 is 0. The Hall–Kier alpha value is -2.83. The van der Waals surface area contributed by atoms with Crippen molar-refractivity contribution in [1.29, 1.82) is 0 Å². The quantitative estimate of drug-likeness (QED) is 0.696. The van der Waals surface area contributed by atoms with Gasteiger partial charge in [-0.3, -0.25) is 4.79 Å². The number of amides is 1. The van der Waals surface area contributed by atoms with Crippen LogP contribution in [0, 0.1) is 6.92 Å². The highest BCUT2D eigenvalue weighted by Crippen LogP contribution is 2.37. The van der Waals surface area contributed by atoms with Crippen molar-refractivity contribution in [3.05, 3.63) is 41.6 Å². The molecule has 3 rings (SSSR count). The summed E-state index contributed by atoms with van der Waals surface area (Å²) in [7, 11) is 0. The molecule has 1 saturated carbocycles. The van der Waals surface area contributed by atoms with Crippen LogP contribution in [0.5, 0.6) is 11.5 Å². The maximum Gasteiger partial charge on any atom is 0.244 e. The Bertz CT molecular complexity index is 838. The van der Waals surface area contributed by atoms with Crippen LogP contribution in [0.25, 0.3) is 6.08 Å². The first kappa shape index (κ1) is 19.9. The predicted molar refractivity (Wildman–Crippen MR) is 105 cm³/mol. The van der Waals surface area contributed by atoms with Crippen LogP contribution in [0.15, 0.2) is 28.8 Å². The van der Waals surface area contributed by atoms with Gasteiger partial charge in [0.2, 0.25) is 11.8 Å². The summed E-state index contributed by atoms with van der Waals surface area (Å²) in [5.41, 5.74) is 0.312. The van der Waals surface area contributed by atoms with Crippen LogP contribution >= 0.6 is 0 Å². The SMILES string of the molecule is CCOc1ccc(C=CC(=O)NC2(c3noc(C)n3)CCCC2)cc1OCC. The lowest BCUT2D eigenvalue weighted by molar-refractivity contribution is -0.118. The molecule has 1 heterocycles. The van der Waals surface area contributed by atoms with E-state index in [0.29, 0.717) is 36.4 Å². The molecule has 2 aromatic rings. The molecule has 0 saturated heterocycles. The fourth-order valence-electron chi connectivity index (χ4n) is 3.50. The average molecular weight is 385 g/mol. The Labute approximate surface area is 165 Å². The Balaban J connectivity index is 1.73. The van der Waals surface area contributed by atoms with Gasteiger partial charge in [0.1, 0.15) is 5.54 Å². The summed E-state index contributed by atoms with van der Waals surface area (Å²) in [4.78, 5) is 16.9. The maximum absolute atomic E-state index is 12.6. The molecule has 7 nitrogen and oxygen atoms in total. The first-order chi connectivity index (χ1) is 13.6. The van der Waals surface area contributed by atoms with E-state index in [2.05, 4.69) is 15.5 Å². The standard InChI is InChI=1S/C21H27N3O4/c1-4-26-17-10-8-16(14-18(17)27-5-2)9-11-19(25)23-21(12-6-7-13-21)20-22-15(3)28-24-20/h8-11,14H,4-7,12-13H2,1-3H3,(H,23,25). The summed E-state index contributed by atoms with van der Waals surface area (Å²) in [6.45, 7) is 6.71. The van der Waals surface area contributed by atoms with E-state index < -0.39 is 5.54 Å². The normalized spacial score (nSPS) is 15.7. The number of ether oxygens (including phenoxy) is 2. The van der Waals surface area contributed by atoms with Crippen LogP contribution in [-0.4, -0.2) is 29.3 Å². The number of benzene rings is 1.